The lowest BCUT2D eigenvalue weighted by atomic mass is 9.85. The van der Waals surface area contributed by atoms with Crippen molar-refractivity contribution >= 4 is 42.6 Å². The lowest BCUT2D eigenvalue weighted by Crippen LogP contribution is -2.57. The maximum absolute atomic E-state index is 14.7. The highest BCUT2D eigenvalue weighted by molar-refractivity contribution is 7.57. The average Bonchev–Trinajstić information content (AvgIpc) is 3.44. The van der Waals surface area contributed by atoms with Crippen LogP contribution in [0.5, 0.6) is 11.5 Å². The number of aromatic nitrogens is 1. The number of alkyl carbamates (subject to hydrolysis) is 1. The SMILES string of the molecule is C=C[C@@H]1C[C@]1(C=NC(=O)[C@@H]1CC(Oc2cc(-c3ccccc3)nc3cc(OC)ccc23)CN1C(=O)[C@@H](NC(=O)OC1CCCC1)C(C)(C)C)P(=O)(OCC)OCC. The standard InChI is InChI=1S/C43H55N4O9P/c1-8-29-25-43(29,57(51,53-9-2)54-10-3)27-44-39(48)36-23-32(26-47(36)40(49)38(42(4,5)6)46-41(50)56-30-18-14-15-19-30)55-37-24-34(28-16-12-11-13-17-28)45-35-22-31(52-7)20-21-33(35)37/h8,11-13,16-17,20-22,24,27,29-30,32,36,38H,1,9-10,14-15,18-19,23,25-26H2,2-7H3,(H,46,50)/t29-,32?,36+,38-,43-/m1/s1. The van der Waals surface area contributed by atoms with Crippen LogP contribution in [0.3, 0.4) is 0 Å². The summed E-state index contributed by atoms with van der Waals surface area (Å²) in [5.74, 6) is -0.239. The summed E-state index contributed by atoms with van der Waals surface area (Å²) in [6.45, 7) is 13.2. The molecule has 2 aromatic carbocycles. The van der Waals surface area contributed by atoms with Crippen LogP contribution in [-0.4, -0.2) is 90.3 Å². The summed E-state index contributed by atoms with van der Waals surface area (Å²) in [6.07, 6.45) is 5.48. The zero-order valence-electron chi connectivity index (χ0n) is 33.8. The van der Waals surface area contributed by atoms with Crippen LogP contribution >= 0.6 is 7.60 Å². The Kier molecular flexibility index (Phi) is 12.9. The molecule has 3 amide bonds. The monoisotopic (exact) mass is 802 g/mol. The van der Waals surface area contributed by atoms with E-state index in [0.29, 0.717) is 29.1 Å². The number of nitrogens with one attached hydrogen (secondary N) is 1. The number of hydrogen-bond acceptors (Lipinski definition) is 10. The quantitative estimate of drug-likeness (QED) is 0.0905. The first-order valence-corrected chi connectivity index (χ1v) is 21.4. The number of aliphatic imine (C=N–C) groups is 1. The maximum atomic E-state index is 14.7. The first kappa shape index (κ1) is 42.0. The molecule has 2 saturated carbocycles. The molecule has 57 heavy (non-hydrogen) atoms. The number of carbonyl (C=O) groups is 3. The average molecular weight is 803 g/mol. The minimum atomic E-state index is -3.74. The van der Waals surface area contributed by atoms with Crippen molar-refractivity contribution < 1.29 is 42.2 Å². The summed E-state index contributed by atoms with van der Waals surface area (Å²) >= 11 is 0. The maximum Gasteiger partial charge on any atom is 0.408 e. The zero-order chi connectivity index (χ0) is 41.0. The second kappa shape index (κ2) is 17.5. The summed E-state index contributed by atoms with van der Waals surface area (Å²) in [5.41, 5.74) is 1.44. The van der Waals surface area contributed by atoms with E-state index in [1.165, 1.54) is 11.1 Å². The molecule has 13 nitrogen and oxygen atoms in total. The number of amides is 3. The fraction of sp³-hybridized carbons (Fsp3) is 0.512. The lowest BCUT2D eigenvalue weighted by molar-refractivity contribution is -0.141. The van der Waals surface area contributed by atoms with Gasteiger partial charge >= 0.3 is 13.7 Å². The first-order valence-electron chi connectivity index (χ1n) is 19.8. The van der Waals surface area contributed by atoms with Crippen molar-refractivity contribution in [2.45, 2.75) is 103 Å². The summed E-state index contributed by atoms with van der Waals surface area (Å²) in [5, 5.41) is 2.39. The first-order chi connectivity index (χ1) is 27.2. The van der Waals surface area contributed by atoms with Gasteiger partial charge in [-0.2, -0.15) is 0 Å². The molecular weight excluding hydrogens is 747 g/mol. The van der Waals surface area contributed by atoms with Gasteiger partial charge < -0.3 is 33.5 Å². The lowest BCUT2D eigenvalue weighted by Gasteiger charge is -2.35. The van der Waals surface area contributed by atoms with E-state index in [1.807, 2.05) is 75.4 Å². The van der Waals surface area contributed by atoms with Crippen molar-refractivity contribution in [2.75, 3.05) is 26.9 Å². The molecule has 14 heteroatoms. The number of rotatable bonds is 15. The van der Waals surface area contributed by atoms with Crippen molar-refractivity contribution in [3.8, 4) is 22.8 Å². The summed E-state index contributed by atoms with van der Waals surface area (Å²) in [7, 11) is -2.15. The van der Waals surface area contributed by atoms with Gasteiger partial charge in [0.25, 0.3) is 5.91 Å². The largest absolute Gasteiger partial charge is 0.497 e. The van der Waals surface area contributed by atoms with Gasteiger partial charge in [-0.25, -0.2) is 14.8 Å². The van der Waals surface area contributed by atoms with Crippen LogP contribution in [0.15, 0.2) is 72.2 Å². The number of carbonyl (C=O) groups excluding carboxylic acids is 3. The molecule has 306 valence electrons. The van der Waals surface area contributed by atoms with Gasteiger partial charge in [-0.05, 0) is 63.5 Å². The highest BCUT2D eigenvalue weighted by Crippen LogP contribution is 2.73. The van der Waals surface area contributed by atoms with E-state index in [1.54, 1.807) is 27.0 Å². The summed E-state index contributed by atoms with van der Waals surface area (Å²) in [6, 6.07) is 15.0. The molecule has 3 fully saturated rings. The highest BCUT2D eigenvalue weighted by Gasteiger charge is 2.66. The van der Waals surface area contributed by atoms with E-state index in [0.717, 1.165) is 36.6 Å². The van der Waals surface area contributed by atoms with E-state index >= 15 is 0 Å². The molecule has 0 spiro atoms. The van der Waals surface area contributed by atoms with Crippen LogP contribution in [-0.2, 0) is 27.9 Å². The molecule has 3 aromatic rings. The van der Waals surface area contributed by atoms with E-state index < -0.39 is 54.3 Å². The van der Waals surface area contributed by atoms with E-state index in [4.69, 9.17) is 28.2 Å². The third-order valence-corrected chi connectivity index (χ3v) is 13.8. The van der Waals surface area contributed by atoms with Crippen molar-refractivity contribution in [2.24, 2.45) is 16.3 Å². The molecule has 2 aliphatic carbocycles. The summed E-state index contributed by atoms with van der Waals surface area (Å²) < 4.78 is 43.4. The molecule has 2 heterocycles. The van der Waals surface area contributed by atoms with Crippen molar-refractivity contribution in [1.82, 2.24) is 15.2 Å². The number of hydrogen-bond donors (Lipinski definition) is 1. The van der Waals surface area contributed by atoms with Crippen LogP contribution in [0.25, 0.3) is 22.2 Å². The van der Waals surface area contributed by atoms with E-state index in [9.17, 15) is 18.9 Å². The minimum absolute atomic E-state index is 0.0220. The summed E-state index contributed by atoms with van der Waals surface area (Å²) in [4.78, 5) is 53.0. The predicted octanol–water partition coefficient (Wildman–Crippen LogP) is 8.15. The molecule has 3 aliphatic rings. The van der Waals surface area contributed by atoms with Gasteiger partial charge in [0, 0.05) is 41.6 Å². The van der Waals surface area contributed by atoms with Gasteiger partial charge in [0.2, 0.25) is 5.91 Å². The number of fused-ring (bicyclic) bond motifs is 1. The fourth-order valence-corrected chi connectivity index (χ4v) is 10.2. The normalized spacial score (nSPS) is 23.1. The zero-order valence-corrected chi connectivity index (χ0v) is 34.7. The Labute approximate surface area is 335 Å². The number of pyridine rings is 1. The molecule has 0 bridgehead atoms. The molecular formula is C43H55N4O9P. The van der Waals surface area contributed by atoms with Crippen LogP contribution in [0.2, 0.25) is 0 Å². The Bertz CT molecular complexity index is 2020. The Morgan fingerprint density at radius 1 is 1.05 bits per heavy atom. The number of ether oxygens (including phenoxy) is 3. The molecule has 1 aliphatic heterocycles. The Morgan fingerprint density at radius 2 is 1.75 bits per heavy atom. The molecule has 6 rings (SSSR count). The van der Waals surface area contributed by atoms with Gasteiger partial charge in [0.15, 0.2) is 0 Å². The number of allylic oxidation sites excluding steroid dienone is 1. The molecule has 5 atom stereocenters. The highest BCUT2D eigenvalue weighted by atomic mass is 31.2. The van der Waals surface area contributed by atoms with Crippen LogP contribution in [0, 0.1) is 11.3 Å². The smallest absolute Gasteiger partial charge is 0.408 e. The molecule has 1 unspecified atom stereocenters. The Morgan fingerprint density at radius 3 is 2.37 bits per heavy atom. The third kappa shape index (κ3) is 9.11. The topological polar surface area (TPSA) is 155 Å². The van der Waals surface area contributed by atoms with Gasteiger partial charge in [0.1, 0.15) is 40.9 Å². The fourth-order valence-electron chi connectivity index (χ4n) is 7.82. The third-order valence-electron chi connectivity index (χ3n) is 11.0. The van der Waals surface area contributed by atoms with Gasteiger partial charge in [-0.3, -0.25) is 14.2 Å². The van der Waals surface area contributed by atoms with Crippen molar-refractivity contribution in [1.29, 1.82) is 0 Å². The van der Waals surface area contributed by atoms with Crippen LogP contribution < -0.4 is 14.8 Å². The van der Waals surface area contributed by atoms with Gasteiger partial charge in [-0.15, -0.1) is 6.58 Å². The second-order valence-electron chi connectivity index (χ2n) is 16.0. The second-order valence-corrected chi connectivity index (χ2v) is 18.3. The number of likely N-dealkylation sites (tertiary alicyclic amines) is 1. The Balaban J connectivity index is 1.35. The van der Waals surface area contributed by atoms with E-state index in [2.05, 4.69) is 16.9 Å². The number of nitrogens with zero attached hydrogens (tertiary/aromatic N) is 3. The predicted molar refractivity (Wildman–Crippen MR) is 219 cm³/mol. The van der Waals surface area contributed by atoms with Gasteiger partial charge in [0.05, 0.1) is 38.1 Å². The van der Waals surface area contributed by atoms with Gasteiger partial charge in [-0.1, -0.05) is 57.2 Å². The van der Waals surface area contributed by atoms with Crippen LogP contribution in [0.4, 0.5) is 4.79 Å². The van der Waals surface area contributed by atoms with Crippen molar-refractivity contribution in [3.05, 3.63) is 67.3 Å². The number of benzene rings is 2. The Hall–Kier alpha value is -4.58. The minimum Gasteiger partial charge on any atom is -0.497 e. The van der Waals surface area contributed by atoms with E-state index in [-0.39, 0.29) is 38.2 Å². The molecule has 1 aromatic heterocycles. The molecule has 1 saturated heterocycles. The number of methoxy groups -OCH3 is 1. The van der Waals surface area contributed by atoms with Crippen LogP contribution in [0.1, 0.15) is 73.1 Å². The molecule has 0 radical (unpaired) electrons. The molecule has 1 N–H and O–H groups in total. The van der Waals surface area contributed by atoms with Crippen molar-refractivity contribution in [3.63, 3.8) is 0 Å².